The zero-order chi connectivity index (χ0) is 19.6. The molecule has 146 valence electrons. The number of likely N-dealkylation sites (N-methyl/N-ethyl adjacent to an activating group) is 1. The Morgan fingerprint density at radius 1 is 1.15 bits per heavy atom. The number of hydrogen-bond acceptors (Lipinski definition) is 2. The van der Waals surface area contributed by atoms with Crippen LogP contribution in [0.1, 0.15) is 36.9 Å². The van der Waals surface area contributed by atoms with Gasteiger partial charge in [-0.3, -0.25) is 0 Å². The Bertz CT molecular complexity index is 716. The highest BCUT2D eigenvalue weighted by Gasteiger charge is 2.18. The first-order valence-electron chi connectivity index (χ1n) is 9.61. The topological polar surface area (TPSA) is 37.7 Å². The van der Waals surface area contributed by atoms with Crippen molar-refractivity contribution in [2.24, 2.45) is 0 Å². The lowest BCUT2D eigenvalue weighted by atomic mass is 10.1. The van der Waals surface area contributed by atoms with Crippen molar-refractivity contribution in [1.29, 1.82) is 0 Å². The van der Waals surface area contributed by atoms with Gasteiger partial charge in [0.1, 0.15) is 11.8 Å². The highest BCUT2D eigenvalue weighted by molar-refractivity contribution is 7.80. The molecule has 0 aliphatic carbocycles. The van der Waals surface area contributed by atoms with Crippen molar-refractivity contribution in [2.75, 3.05) is 33.1 Å². The molecule has 0 heterocycles. The van der Waals surface area contributed by atoms with Crippen LogP contribution in [0.2, 0.25) is 0 Å². The molecule has 0 saturated carbocycles. The van der Waals surface area contributed by atoms with E-state index in [9.17, 15) is 0 Å². The van der Waals surface area contributed by atoms with Crippen LogP contribution in [0.3, 0.4) is 0 Å². The second-order valence-electron chi connectivity index (χ2n) is 7.04. The molecule has 3 N–H and O–H groups in total. The average Bonchev–Trinajstić information content (AvgIpc) is 2.67. The zero-order valence-electron chi connectivity index (χ0n) is 16.8. The van der Waals surface area contributed by atoms with E-state index in [0.717, 1.165) is 24.4 Å². The second kappa shape index (κ2) is 10.9. The minimum Gasteiger partial charge on any atom is -0.497 e. The summed E-state index contributed by atoms with van der Waals surface area (Å²) in [5.74, 6) is 0.877. The molecule has 0 radical (unpaired) electrons. The predicted molar refractivity (Wildman–Crippen MR) is 118 cm³/mol. The number of unbranched alkanes of at least 4 members (excludes halogenated alkanes) is 1. The maximum absolute atomic E-state index is 5.49. The molecule has 5 heteroatoms. The van der Waals surface area contributed by atoms with Crippen LogP contribution in [0.15, 0.2) is 48.5 Å². The summed E-state index contributed by atoms with van der Waals surface area (Å²) >= 11 is 5.49. The number of hydrogen-bond donors (Lipinski definition) is 3. The van der Waals surface area contributed by atoms with Gasteiger partial charge >= 0.3 is 0 Å². The van der Waals surface area contributed by atoms with Crippen LogP contribution < -0.4 is 20.3 Å². The fourth-order valence-corrected chi connectivity index (χ4v) is 3.22. The molecule has 0 saturated heterocycles. The van der Waals surface area contributed by atoms with Gasteiger partial charge in [0, 0.05) is 11.3 Å². The largest absolute Gasteiger partial charge is 0.497 e. The molecule has 0 aliphatic heterocycles. The van der Waals surface area contributed by atoms with E-state index in [1.165, 1.54) is 28.9 Å². The third-order valence-electron chi connectivity index (χ3n) is 4.69. The zero-order valence-corrected chi connectivity index (χ0v) is 17.7. The Kier molecular flexibility index (Phi) is 8.55. The average molecular weight is 387 g/mol. The van der Waals surface area contributed by atoms with Crippen LogP contribution in [0.4, 0.5) is 5.69 Å². The summed E-state index contributed by atoms with van der Waals surface area (Å²) in [4.78, 5) is 1.33. The van der Waals surface area contributed by atoms with Crippen molar-refractivity contribution < 1.29 is 9.64 Å². The van der Waals surface area contributed by atoms with Gasteiger partial charge in [0.05, 0.1) is 27.7 Å². The van der Waals surface area contributed by atoms with E-state index in [2.05, 4.69) is 68.1 Å². The van der Waals surface area contributed by atoms with Gasteiger partial charge in [-0.1, -0.05) is 37.6 Å². The Labute approximate surface area is 168 Å². The minimum atomic E-state index is 0.274. The molecule has 0 spiro atoms. The summed E-state index contributed by atoms with van der Waals surface area (Å²) in [6.45, 7) is 2.96. The standard InChI is InChI=1S/C22H31N3OS/c1-5-6-8-17-11-13-19(14-12-17)24-22(27)23-16-21(25(2)3)18-9-7-10-20(15-18)26-4/h7,9-15,21H,5-6,8,16H2,1-4H3,(H2,23,24,27)/p+1/t21-/m0/s1. The molecular formula is C22H32N3OS+. The minimum absolute atomic E-state index is 0.274. The summed E-state index contributed by atoms with van der Waals surface area (Å²) in [6.07, 6.45) is 3.58. The van der Waals surface area contributed by atoms with E-state index in [1.807, 2.05) is 12.1 Å². The summed E-state index contributed by atoms with van der Waals surface area (Å²) in [5.41, 5.74) is 3.61. The van der Waals surface area contributed by atoms with E-state index in [4.69, 9.17) is 17.0 Å². The van der Waals surface area contributed by atoms with Gasteiger partial charge in [0.2, 0.25) is 0 Å². The van der Waals surface area contributed by atoms with E-state index < -0.39 is 0 Å². The number of rotatable bonds is 9. The SMILES string of the molecule is CCCCc1ccc(NC(=S)NC[C@@H](c2cccc(OC)c2)[NH+](C)C)cc1. The number of benzene rings is 2. The number of anilines is 1. The number of ether oxygens (including phenoxy) is 1. The van der Waals surface area contributed by atoms with E-state index in [1.54, 1.807) is 7.11 Å². The predicted octanol–water partition coefficient (Wildman–Crippen LogP) is 3.21. The highest BCUT2D eigenvalue weighted by atomic mass is 32.1. The third kappa shape index (κ3) is 6.85. The van der Waals surface area contributed by atoms with E-state index in [-0.39, 0.29) is 6.04 Å². The van der Waals surface area contributed by atoms with Gasteiger partial charge in [0.25, 0.3) is 0 Å². The molecule has 2 rings (SSSR count). The summed E-state index contributed by atoms with van der Waals surface area (Å²) in [5, 5.41) is 7.28. The van der Waals surface area contributed by atoms with Gasteiger partial charge in [-0.25, -0.2) is 0 Å². The molecule has 0 amide bonds. The van der Waals surface area contributed by atoms with Gasteiger partial charge in [0.15, 0.2) is 5.11 Å². The third-order valence-corrected chi connectivity index (χ3v) is 4.94. The molecule has 0 aliphatic rings. The Hall–Kier alpha value is -2.11. The first-order valence-corrected chi connectivity index (χ1v) is 10.0. The Morgan fingerprint density at radius 2 is 1.89 bits per heavy atom. The summed E-state index contributed by atoms with van der Waals surface area (Å²) < 4.78 is 5.36. The van der Waals surface area contributed by atoms with Crippen LogP contribution in [-0.2, 0) is 6.42 Å². The van der Waals surface area contributed by atoms with Crippen molar-refractivity contribution in [1.82, 2.24) is 5.32 Å². The van der Waals surface area contributed by atoms with Gasteiger partial charge in [-0.05, 0) is 54.9 Å². The van der Waals surface area contributed by atoms with Gasteiger partial charge < -0.3 is 20.3 Å². The van der Waals surface area contributed by atoms with Crippen molar-refractivity contribution >= 4 is 23.0 Å². The lowest BCUT2D eigenvalue weighted by molar-refractivity contribution is -0.890. The van der Waals surface area contributed by atoms with Crippen LogP contribution >= 0.6 is 12.2 Å². The normalized spacial score (nSPS) is 11.9. The van der Waals surface area contributed by atoms with Gasteiger partial charge in [-0.15, -0.1) is 0 Å². The summed E-state index contributed by atoms with van der Waals surface area (Å²) in [7, 11) is 6.00. The first kappa shape index (κ1) is 21.2. The van der Waals surface area contributed by atoms with Crippen molar-refractivity contribution in [3.05, 3.63) is 59.7 Å². The van der Waals surface area contributed by atoms with E-state index in [0.29, 0.717) is 5.11 Å². The number of methoxy groups -OCH3 is 1. The van der Waals surface area contributed by atoms with Crippen LogP contribution in [0, 0.1) is 0 Å². The van der Waals surface area contributed by atoms with Crippen molar-refractivity contribution in [3.8, 4) is 5.75 Å². The molecule has 27 heavy (non-hydrogen) atoms. The van der Waals surface area contributed by atoms with E-state index >= 15 is 0 Å². The molecule has 0 bridgehead atoms. The molecule has 2 aromatic carbocycles. The molecule has 0 aromatic heterocycles. The maximum Gasteiger partial charge on any atom is 0.171 e. The lowest BCUT2D eigenvalue weighted by Gasteiger charge is -2.23. The quantitative estimate of drug-likeness (QED) is 0.579. The molecule has 2 aromatic rings. The smallest absolute Gasteiger partial charge is 0.171 e. The van der Waals surface area contributed by atoms with Gasteiger partial charge in [-0.2, -0.15) is 0 Å². The summed E-state index contributed by atoms with van der Waals surface area (Å²) in [6, 6.07) is 17.0. The highest BCUT2D eigenvalue weighted by Crippen LogP contribution is 2.17. The first-order chi connectivity index (χ1) is 13.0. The monoisotopic (exact) mass is 386 g/mol. The Morgan fingerprint density at radius 3 is 2.52 bits per heavy atom. The fraction of sp³-hybridized carbons (Fsp3) is 0.409. The molecule has 0 unspecified atom stereocenters. The van der Waals surface area contributed by atoms with Crippen LogP contribution in [0.25, 0.3) is 0 Å². The number of thiocarbonyl (C=S) groups is 1. The Balaban J connectivity index is 1.91. The number of aryl methyl sites for hydroxylation is 1. The molecule has 0 fully saturated rings. The number of quaternary nitrogens is 1. The van der Waals surface area contributed by atoms with Crippen molar-refractivity contribution in [3.63, 3.8) is 0 Å². The van der Waals surface area contributed by atoms with Crippen LogP contribution in [0.5, 0.6) is 5.75 Å². The van der Waals surface area contributed by atoms with Crippen molar-refractivity contribution in [2.45, 2.75) is 32.2 Å². The molecule has 4 nitrogen and oxygen atoms in total. The second-order valence-corrected chi connectivity index (χ2v) is 7.45. The van der Waals surface area contributed by atoms with Crippen LogP contribution in [-0.4, -0.2) is 32.9 Å². The maximum atomic E-state index is 5.49. The molecular weight excluding hydrogens is 354 g/mol. The fourth-order valence-electron chi connectivity index (χ4n) is 3.02. The number of nitrogens with one attached hydrogen (secondary N) is 3. The lowest BCUT2D eigenvalue weighted by Crippen LogP contribution is -3.07. The molecule has 1 atom stereocenters.